The third kappa shape index (κ3) is 9.97. The van der Waals surface area contributed by atoms with Crippen molar-refractivity contribution in [1.29, 1.82) is 0 Å². The van der Waals surface area contributed by atoms with Crippen LogP contribution in [0.25, 0.3) is 0 Å². The number of hydrogen-bond acceptors (Lipinski definition) is 6. The van der Waals surface area contributed by atoms with Crippen LogP contribution in [-0.2, 0) is 28.6 Å². The van der Waals surface area contributed by atoms with Gasteiger partial charge in [-0.05, 0) is 71.3 Å². The van der Waals surface area contributed by atoms with Gasteiger partial charge in [-0.25, -0.2) is 0 Å². The first kappa shape index (κ1) is 28.7. The lowest BCUT2D eigenvalue weighted by Crippen LogP contribution is -2.34. The highest BCUT2D eigenvalue weighted by Crippen LogP contribution is 2.33. The first-order valence-electron chi connectivity index (χ1n) is 12.2. The number of rotatable bonds is 15. The number of carbonyl (C=O) groups is 3. The molecule has 1 rings (SSSR count). The predicted octanol–water partition coefficient (Wildman–Crippen LogP) is 5.69. The second-order valence-electron chi connectivity index (χ2n) is 9.22. The number of benzene rings is 1. The predicted molar refractivity (Wildman–Crippen MR) is 129 cm³/mol. The number of carbonyl (C=O) groups excluding carboxylic acids is 3. The van der Waals surface area contributed by atoms with E-state index < -0.39 is 23.2 Å². The summed E-state index contributed by atoms with van der Waals surface area (Å²) < 4.78 is 16.0. The maximum atomic E-state index is 12.8. The van der Waals surface area contributed by atoms with Gasteiger partial charge >= 0.3 is 17.9 Å². The number of hydrogen-bond donors (Lipinski definition) is 0. The van der Waals surface area contributed by atoms with E-state index >= 15 is 0 Å². The second-order valence-corrected chi connectivity index (χ2v) is 9.22. The van der Waals surface area contributed by atoms with Crippen LogP contribution in [-0.4, -0.2) is 37.7 Å². The molecule has 1 aromatic rings. The van der Waals surface area contributed by atoms with Crippen LogP contribution in [0.1, 0.15) is 85.1 Å². The lowest BCUT2D eigenvalue weighted by atomic mass is 9.78. The minimum absolute atomic E-state index is 0.246. The Balaban J connectivity index is 2.67. The molecule has 3 atom stereocenters. The molecular weight excluding hydrogens is 420 g/mol. The highest BCUT2D eigenvalue weighted by atomic mass is 16.5. The van der Waals surface area contributed by atoms with Crippen molar-refractivity contribution < 1.29 is 28.6 Å². The molecule has 0 aliphatic rings. The summed E-state index contributed by atoms with van der Waals surface area (Å²) in [4.78, 5) is 37.7. The monoisotopic (exact) mass is 462 g/mol. The zero-order valence-electron chi connectivity index (χ0n) is 21.2. The minimum Gasteiger partial charge on any atom is -0.466 e. The minimum atomic E-state index is -0.880. The summed E-state index contributed by atoms with van der Waals surface area (Å²) in [5.41, 5.74) is 0.392. The van der Waals surface area contributed by atoms with Gasteiger partial charge in [-0.15, -0.1) is 0 Å². The number of esters is 3. The maximum absolute atomic E-state index is 12.8. The number of ether oxygens (including phenoxy) is 3. The molecule has 186 valence electrons. The zero-order valence-corrected chi connectivity index (χ0v) is 21.2. The van der Waals surface area contributed by atoms with E-state index in [1.54, 1.807) is 27.7 Å². The van der Waals surface area contributed by atoms with E-state index in [1.807, 2.05) is 25.1 Å². The maximum Gasteiger partial charge on any atom is 0.311 e. The fourth-order valence-corrected chi connectivity index (χ4v) is 3.95. The van der Waals surface area contributed by atoms with Crippen molar-refractivity contribution in [3.8, 4) is 0 Å². The highest BCUT2D eigenvalue weighted by Gasteiger charge is 2.38. The topological polar surface area (TPSA) is 78.9 Å². The molecule has 1 aromatic carbocycles. The summed E-state index contributed by atoms with van der Waals surface area (Å²) in [7, 11) is 0. The van der Waals surface area contributed by atoms with Crippen LogP contribution in [0.4, 0.5) is 0 Å². The first-order chi connectivity index (χ1) is 15.7. The van der Waals surface area contributed by atoms with Crippen LogP contribution >= 0.6 is 0 Å². The van der Waals surface area contributed by atoms with Crippen LogP contribution in [0.15, 0.2) is 30.3 Å². The highest BCUT2D eigenvalue weighted by molar-refractivity contribution is 5.79. The smallest absolute Gasteiger partial charge is 0.311 e. The van der Waals surface area contributed by atoms with Crippen molar-refractivity contribution >= 4 is 17.9 Å². The molecule has 0 heterocycles. The molecule has 0 spiro atoms. The summed E-state index contributed by atoms with van der Waals surface area (Å²) in [5.74, 6) is -1.65. The Kier molecular flexibility index (Phi) is 12.8. The normalized spacial score (nSPS) is 14.1. The Labute approximate surface area is 199 Å². The molecule has 0 radical (unpaired) electrons. The summed E-state index contributed by atoms with van der Waals surface area (Å²) in [6.45, 7) is 12.0. The molecule has 33 heavy (non-hydrogen) atoms. The Morgan fingerprint density at radius 2 is 1.45 bits per heavy atom. The third-order valence-electron chi connectivity index (χ3n) is 5.99. The van der Waals surface area contributed by atoms with Gasteiger partial charge in [0.2, 0.25) is 0 Å². The van der Waals surface area contributed by atoms with E-state index in [9.17, 15) is 14.4 Å². The molecule has 0 amide bonds. The lowest BCUT2D eigenvalue weighted by molar-refractivity contribution is -0.158. The molecule has 0 aromatic heterocycles. The molecule has 0 N–H and O–H groups in total. The molecule has 0 aliphatic carbocycles. The van der Waals surface area contributed by atoms with Gasteiger partial charge in [0.05, 0.1) is 37.1 Å². The Morgan fingerprint density at radius 1 is 0.879 bits per heavy atom. The molecule has 0 saturated carbocycles. The standard InChI is InChI=1S/C27H42O6/c1-7-21(24(28)31-8-2)18-23(25(29)32-9-3)19-27(5,6)26(30)33-17-13-14-20(4)22-15-11-10-12-16-22/h10-12,15-16,20-21,23H,7-9,13-14,17-19H2,1-6H3. The van der Waals surface area contributed by atoms with Gasteiger partial charge in [-0.1, -0.05) is 44.2 Å². The molecular formula is C27H42O6. The summed E-state index contributed by atoms with van der Waals surface area (Å²) in [6, 6.07) is 10.3. The molecule has 6 heteroatoms. The van der Waals surface area contributed by atoms with Crippen molar-refractivity contribution in [2.45, 2.75) is 79.6 Å². The zero-order chi connectivity index (χ0) is 24.9. The molecule has 0 saturated heterocycles. The Bertz CT molecular complexity index is 727. The summed E-state index contributed by atoms with van der Waals surface area (Å²) in [5, 5.41) is 0. The van der Waals surface area contributed by atoms with Crippen molar-refractivity contribution in [3.05, 3.63) is 35.9 Å². The van der Waals surface area contributed by atoms with E-state index in [0.717, 1.165) is 12.8 Å². The molecule has 0 aliphatic heterocycles. The largest absolute Gasteiger partial charge is 0.466 e. The Hall–Kier alpha value is -2.37. The van der Waals surface area contributed by atoms with Gasteiger partial charge in [-0.2, -0.15) is 0 Å². The van der Waals surface area contributed by atoms with Crippen LogP contribution < -0.4 is 0 Å². The molecule has 6 nitrogen and oxygen atoms in total. The van der Waals surface area contributed by atoms with Gasteiger partial charge < -0.3 is 14.2 Å². The lowest BCUT2D eigenvalue weighted by Gasteiger charge is -2.28. The van der Waals surface area contributed by atoms with Crippen LogP contribution in [0.5, 0.6) is 0 Å². The SMILES string of the molecule is CCOC(=O)C(CC)CC(CC(C)(C)C(=O)OCCCC(C)c1ccccc1)C(=O)OCC. The van der Waals surface area contributed by atoms with Crippen molar-refractivity contribution in [1.82, 2.24) is 0 Å². The van der Waals surface area contributed by atoms with Gasteiger partial charge in [0.1, 0.15) is 0 Å². The van der Waals surface area contributed by atoms with Crippen LogP contribution in [0, 0.1) is 17.3 Å². The Morgan fingerprint density at radius 3 is 2.00 bits per heavy atom. The van der Waals surface area contributed by atoms with Crippen LogP contribution in [0.3, 0.4) is 0 Å². The first-order valence-corrected chi connectivity index (χ1v) is 12.2. The van der Waals surface area contributed by atoms with Crippen molar-refractivity contribution in [2.75, 3.05) is 19.8 Å². The van der Waals surface area contributed by atoms with E-state index in [-0.39, 0.29) is 25.0 Å². The van der Waals surface area contributed by atoms with Gasteiger partial charge in [0.25, 0.3) is 0 Å². The fourth-order valence-electron chi connectivity index (χ4n) is 3.95. The van der Waals surface area contributed by atoms with Gasteiger partial charge in [-0.3, -0.25) is 14.4 Å². The quantitative estimate of drug-likeness (QED) is 0.189. The second kappa shape index (κ2) is 14.7. The van der Waals surface area contributed by atoms with E-state index in [1.165, 1.54) is 5.56 Å². The third-order valence-corrected chi connectivity index (χ3v) is 5.99. The van der Waals surface area contributed by atoms with Crippen molar-refractivity contribution in [2.24, 2.45) is 17.3 Å². The van der Waals surface area contributed by atoms with E-state index in [4.69, 9.17) is 14.2 Å². The average molecular weight is 463 g/mol. The molecule has 0 fully saturated rings. The van der Waals surface area contributed by atoms with Crippen LogP contribution in [0.2, 0.25) is 0 Å². The molecule has 3 unspecified atom stereocenters. The summed E-state index contributed by atoms with van der Waals surface area (Å²) in [6.07, 6.45) is 2.78. The van der Waals surface area contributed by atoms with E-state index in [2.05, 4.69) is 19.1 Å². The van der Waals surface area contributed by atoms with Gasteiger partial charge in [0.15, 0.2) is 0 Å². The fraction of sp³-hybridized carbons (Fsp3) is 0.667. The van der Waals surface area contributed by atoms with E-state index in [0.29, 0.717) is 32.0 Å². The van der Waals surface area contributed by atoms with Crippen molar-refractivity contribution in [3.63, 3.8) is 0 Å². The summed E-state index contributed by atoms with van der Waals surface area (Å²) >= 11 is 0. The van der Waals surface area contributed by atoms with Gasteiger partial charge in [0, 0.05) is 0 Å². The molecule has 0 bridgehead atoms. The average Bonchev–Trinajstić information content (AvgIpc) is 2.79.